The molecular weight excluding hydrogens is 212 g/mol. The Morgan fingerprint density at radius 2 is 1.82 bits per heavy atom. The minimum atomic E-state index is -0.849. The molecule has 1 aromatic carbocycles. The lowest BCUT2D eigenvalue weighted by Gasteiger charge is -2.23. The average molecular weight is 233 g/mol. The van der Waals surface area contributed by atoms with Gasteiger partial charge in [-0.25, -0.2) is 5.11 Å². The van der Waals surface area contributed by atoms with Crippen molar-refractivity contribution in [2.45, 2.75) is 51.4 Å². The van der Waals surface area contributed by atoms with Gasteiger partial charge in [0, 0.05) is 6.42 Å². The van der Waals surface area contributed by atoms with Gasteiger partial charge in [-0.2, -0.15) is 0 Å². The molecule has 0 aliphatic heterocycles. The van der Waals surface area contributed by atoms with Gasteiger partial charge in [0.05, 0.1) is 6.61 Å². The van der Waals surface area contributed by atoms with Crippen LogP contribution in [0.2, 0.25) is 0 Å². The Kier molecular flexibility index (Phi) is 5.02. The molecular formula is C15H21O2. The van der Waals surface area contributed by atoms with E-state index >= 15 is 0 Å². The van der Waals surface area contributed by atoms with Gasteiger partial charge >= 0.3 is 0 Å². The maximum Gasteiger partial charge on any atom is 0.191 e. The zero-order valence-corrected chi connectivity index (χ0v) is 10.3. The van der Waals surface area contributed by atoms with E-state index in [1.54, 1.807) is 0 Å². The van der Waals surface area contributed by atoms with Crippen LogP contribution in [0.3, 0.4) is 0 Å². The van der Waals surface area contributed by atoms with E-state index in [4.69, 9.17) is 4.74 Å². The molecule has 2 rings (SSSR count). The molecule has 0 bridgehead atoms. The van der Waals surface area contributed by atoms with Crippen LogP contribution in [0.25, 0.3) is 0 Å². The van der Waals surface area contributed by atoms with Crippen LogP contribution in [0.4, 0.5) is 0 Å². The zero-order valence-electron chi connectivity index (χ0n) is 10.3. The van der Waals surface area contributed by atoms with Crippen molar-refractivity contribution in [2.75, 3.05) is 0 Å². The van der Waals surface area contributed by atoms with Gasteiger partial charge in [-0.1, -0.05) is 62.4 Å². The highest BCUT2D eigenvalue weighted by atomic mass is 16.6. The first-order chi connectivity index (χ1) is 8.34. The molecule has 1 atom stereocenters. The fraction of sp³-hybridized carbons (Fsp3) is 0.600. The highest BCUT2D eigenvalue weighted by Gasteiger charge is 2.18. The number of ether oxygens (including phenoxy) is 1. The Balaban J connectivity index is 1.68. The molecule has 0 aromatic heterocycles. The molecule has 1 radical (unpaired) electrons. The maximum atomic E-state index is 11.7. The molecule has 0 N–H and O–H groups in total. The average Bonchev–Trinajstić information content (AvgIpc) is 2.39. The van der Waals surface area contributed by atoms with Crippen molar-refractivity contribution in [1.82, 2.24) is 0 Å². The molecule has 0 spiro atoms. The van der Waals surface area contributed by atoms with Crippen molar-refractivity contribution in [3.63, 3.8) is 0 Å². The van der Waals surface area contributed by atoms with Crippen molar-refractivity contribution in [1.29, 1.82) is 0 Å². The van der Waals surface area contributed by atoms with Crippen LogP contribution in [-0.2, 0) is 16.5 Å². The SMILES string of the molecule is [O]C(CC1CCCCC1)OCc1ccccc1. The molecule has 2 nitrogen and oxygen atoms in total. The molecule has 0 amide bonds. The molecule has 1 aliphatic rings. The largest absolute Gasteiger partial charge is 0.345 e. The Hall–Kier alpha value is -0.860. The number of hydrogen-bond donors (Lipinski definition) is 0. The quantitative estimate of drug-likeness (QED) is 0.708. The van der Waals surface area contributed by atoms with Crippen LogP contribution in [0, 0.1) is 5.92 Å². The van der Waals surface area contributed by atoms with Gasteiger partial charge in [0.25, 0.3) is 0 Å². The second kappa shape index (κ2) is 6.77. The van der Waals surface area contributed by atoms with Crippen molar-refractivity contribution in [3.8, 4) is 0 Å². The van der Waals surface area contributed by atoms with E-state index in [0.29, 0.717) is 18.9 Å². The first-order valence-corrected chi connectivity index (χ1v) is 6.66. The Labute approximate surface area is 104 Å². The number of benzene rings is 1. The third-order valence-corrected chi connectivity index (χ3v) is 3.53. The normalized spacial score (nSPS) is 19.1. The van der Waals surface area contributed by atoms with E-state index in [1.807, 2.05) is 30.3 Å². The third-order valence-electron chi connectivity index (χ3n) is 3.53. The fourth-order valence-electron chi connectivity index (χ4n) is 2.53. The Morgan fingerprint density at radius 1 is 1.12 bits per heavy atom. The van der Waals surface area contributed by atoms with Crippen molar-refractivity contribution < 1.29 is 9.84 Å². The van der Waals surface area contributed by atoms with Gasteiger partial charge in [-0.05, 0) is 11.5 Å². The molecule has 0 saturated heterocycles. The molecule has 1 unspecified atom stereocenters. The zero-order chi connectivity index (χ0) is 11.9. The summed E-state index contributed by atoms with van der Waals surface area (Å²) >= 11 is 0. The summed E-state index contributed by atoms with van der Waals surface area (Å²) in [6, 6.07) is 9.90. The van der Waals surface area contributed by atoms with Crippen molar-refractivity contribution >= 4 is 0 Å². The fourth-order valence-corrected chi connectivity index (χ4v) is 2.53. The van der Waals surface area contributed by atoms with Crippen LogP contribution in [-0.4, -0.2) is 6.29 Å². The molecule has 1 saturated carbocycles. The summed E-state index contributed by atoms with van der Waals surface area (Å²) in [6.45, 7) is 0.446. The lowest BCUT2D eigenvalue weighted by atomic mass is 9.87. The highest BCUT2D eigenvalue weighted by molar-refractivity contribution is 5.13. The maximum absolute atomic E-state index is 11.7. The summed E-state index contributed by atoms with van der Waals surface area (Å²) in [5.74, 6) is 0.599. The van der Waals surface area contributed by atoms with E-state index in [1.165, 1.54) is 32.1 Å². The van der Waals surface area contributed by atoms with Gasteiger partial charge in [0.2, 0.25) is 0 Å². The molecule has 0 heterocycles. The number of rotatable bonds is 5. The van der Waals surface area contributed by atoms with Gasteiger partial charge in [-0.3, -0.25) is 0 Å². The van der Waals surface area contributed by atoms with E-state index in [9.17, 15) is 5.11 Å². The molecule has 17 heavy (non-hydrogen) atoms. The minimum absolute atomic E-state index is 0.446. The summed E-state index contributed by atoms with van der Waals surface area (Å²) in [6.07, 6.45) is 6.18. The van der Waals surface area contributed by atoms with Crippen LogP contribution in [0.1, 0.15) is 44.1 Å². The highest BCUT2D eigenvalue weighted by Crippen LogP contribution is 2.27. The minimum Gasteiger partial charge on any atom is -0.345 e. The van der Waals surface area contributed by atoms with E-state index < -0.39 is 6.29 Å². The molecule has 1 fully saturated rings. The monoisotopic (exact) mass is 233 g/mol. The van der Waals surface area contributed by atoms with Gasteiger partial charge in [0.1, 0.15) is 0 Å². The van der Waals surface area contributed by atoms with Crippen LogP contribution in [0.5, 0.6) is 0 Å². The topological polar surface area (TPSA) is 29.1 Å². The van der Waals surface area contributed by atoms with Crippen molar-refractivity contribution in [2.24, 2.45) is 5.92 Å². The smallest absolute Gasteiger partial charge is 0.191 e. The summed E-state index contributed by atoms with van der Waals surface area (Å²) in [5, 5.41) is 11.7. The van der Waals surface area contributed by atoms with Crippen LogP contribution in [0.15, 0.2) is 30.3 Å². The van der Waals surface area contributed by atoms with Crippen LogP contribution >= 0.6 is 0 Å². The molecule has 2 heteroatoms. The molecule has 1 aliphatic carbocycles. The first-order valence-electron chi connectivity index (χ1n) is 6.66. The van der Waals surface area contributed by atoms with Crippen molar-refractivity contribution in [3.05, 3.63) is 35.9 Å². The van der Waals surface area contributed by atoms with E-state index in [0.717, 1.165) is 5.56 Å². The summed E-state index contributed by atoms with van der Waals surface area (Å²) in [4.78, 5) is 0. The predicted molar refractivity (Wildman–Crippen MR) is 66.9 cm³/mol. The molecule has 93 valence electrons. The predicted octanol–water partition coefficient (Wildman–Crippen LogP) is 3.93. The first kappa shape index (κ1) is 12.6. The standard InChI is InChI=1S/C15H21O2/c16-15(11-13-7-3-1-4-8-13)17-12-14-9-5-2-6-10-14/h2,5-6,9-10,13,15H,1,3-4,7-8,11-12H2. The van der Waals surface area contributed by atoms with Gasteiger partial charge in [-0.15, -0.1) is 0 Å². The third kappa shape index (κ3) is 4.49. The van der Waals surface area contributed by atoms with Gasteiger partial charge < -0.3 is 4.74 Å². The van der Waals surface area contributed by atoms with E-state index in [-0.39, 0.29) is 0 Å². The lowest BCUT2D eigenvalue weighted by molar-refractivity contribution is -0.159. The summed E-state index contributed by atoms with van der Waals surface area (Å²) in [5.41, 5.74) is 1.08. The summed E-state index contributed by atoms with van der Waals surface area (Å²) in [7, 11) is 0. The second-order valence-corrected chi connectivity index (χ2v) is 4.97. The number of hydrogen-bond acceptors (Lipinski definition) is 1. The second-order valence-electron chi connectivity index (χ2n) is 4.97. The lowest BCUT2D eigenvalue weighted by Crippen LogP contribution is -2.17. The Morgan fingerprint density at radius 3 is 2.53 bits per heavy atom. The van der Waals surface area contributed by atoms with Crippen LogP contribution < -0.4 is 0 Å². The summed E-state index contributed by atoms with van der Waals surface area (Å²) < 4.78 is 5.38. The van der Waals surface area contributed by atoms with E-state index in [2.05, 4.69) is 0 Å². The van der Waals surface area contributed by atoms with Gasteiger partial charge in [0.15, 0.2) is 6.29 Å². The molecule has 1 aromatic rings. The Bertz CT molecular complexity index is 304.